The van der Waals surface area contributed by atoms with Gasteiger partial charge in [0.05, 0.1) is 22.2 Å². The Bertz CT molecular complexity index is 1170. The van der Waals surface area contributed by atoms with Crippen molar-refractivity contribution in [3.63, 3.8) is 0 Å². The SMILES string of the molecule is COc1cc(/C=C/C(=O)Nc2ccc(Cl)c(C(F)(F)F)c2)cc(Br)c1OCc1ccccc1. The van der Waals surface area contributed by atoms with Gasteiger partial charge in [-0.25, -0.2) is 0 Å². The van der Waals surface area contributed by atoms with Crippen molar-refractivity contribution < 1.29 is 27.4 Å². The molecule has 1 amide bonds. The maximum absolute atomic E-state index is 13.0. The first-order chi connectivity index (χ1) is 15.7. The minimum atomic E-state index is -4.62. The number of carbonyl (C=O) groups excluding carboxylic acids is 1. The maximum atomic E-state index is 13.0. The van der Waals surface area contributed by atoms with Crippen molar-refractivity contribution in [2.75, 3.05) is 12.4 Å². The van der Waals surface area contributed by atoms with E-state index in [-0.39, 0.29) is 5.69 Å². The normalized spacial score (nSPS) is 11.5. The molecule has 0 bridgehead atoms. The van der Waals surface area contributed by atoms with E-state index in [0.717, 1.165) is 17.7 Å². The van der Waals surface area contributed by atoms with Gasteiger partial charge in [-0.05, 0) is 63.5 Å². The van der Waals surface area contributed by atoms with Crippen LogP contribution in [-0.2, 0) is 17.6 Å². The first kappa shape index (κ1) is 24.7. The zero-order valence-electron chi connectivity index (χ0n) is 17.2. The Kier molecular flexibility index (Phi) is 8.05. The van der Waals surface area contributed by atoms with Crippen LogP contribution in [0.5, 0.6) is 11.5 Å². The summed E-state index contributed by atoms with van der Waals surface area (Å²) in [6.45, 7) is 0.342. The third kappa shape index (κ3) is 6.76. The van der Waals surface area contributed by atoms with E-state index >= 15 is 0 Å². The van der Waals surface area contributed by atoms with Gasteiger partial charge in [0.25, 0.3) is 0 Å². The predicted octanol–water partition coefficient (Wildman–Crippen LogP) is 7.36. The molecule has 4 nitrogen and oxygen atoms in total. The number of rotatable bonds is 7. The lowest BCUT2D eigenvalue weighted by molar-refractivity contribution is -0.137. The average Bonchev–Trinajstić information content (AvgIpc) is 2.77. The molecule has 3 aromatic rings. The first-order valence-electron chi connectivity index (χ1n) is 9.57. The van der Waals surface area contributed by atoms with Crippen LogP contribution in [0.3, 0.4) is 0 Å². The van der Waals surface area contributed by atoms with Crippen molar-refractivity contribution >= 4 is 45.2 Å². The molecule has 0 spiro atoms. The van der Waals surface area contributed by atoms with Gasteiger partial charge in [0, 0.05) is 11.8 Å². The number of benzene rings is 3. The summed E-state index contributed by atoms with van der Waals surface area (Å²) >= 11 is 9.05. The van der Waals surface area contributed by atoms with Gasteiger partial charge in [0.2, 0.25) is 5.91 Å². The molecule has 0 unspecified atom stereocenters. The van der Waals surface area contributed by atoms with Crippen LogP contribution in [-0.4, -0.2) is 13.0 Å². The average molecular weight is 541 g/mol. The Hall–Kier alpha value is -2.97. The number of hydrogen-bond donors (Lipinski definition) is 1. The zero-order chi connectivity index (χ0) is 24.0. The molecule has 0 aliphatic rings. The zero-order valence-corrected chi connectivity index (χ0v) is 19.6. The van der Waals surface area contributed by atoms with E-state index in [4.69, 9.17) is 21.1 Å². The fourth-order valence-electron chi connectivity index (χ4n) is 2.88. The minimum absolute atomic E-state index is 0.0233. The summed E-state index contributed by atoms with van der Waals surface area (Å²) in [5, 5.41) is 1.95. The molecule has 9 heteroatoms. The molecule has 0 saturated heterocycles. The highest BCUT2D eigenvalue weighted by molar-refractivity contribution is 9.10. The summed E-state index contributed by atoms with van der Waals surface area (Å²) in [7, 11) is 1.50. The topological polar surface area (TPSA) is 47.6 Å². The van der Waals surface area contributed by atoms with E-state index < -0.39 is 22.7 Å². The second kappa shape index (κ2) is 10.8. The van der Waals surface area contributed by atoms with Gasteiger partial charge in [0.1, 0.15) is 6.61 Å². The molecule has 3 aromatic carbocycles. The highest BCUT2D eigenvalue weighted by Crippen LogP contribution is 2.38. The second-order valence-electron chi connectivity index (χ2n) is 6.82. The van der Waals surface area contributed by atoms with E-state index in [9.17, 15) is 18.0 Å². The molecule has 0 heterocycles. The molecule has 0 fully saturated rings. The highest BCUT2D eigenvalue weighted by Gasteiger charge is 2.33. The fraction of sp³-hybridized carbons (Fsp3) is 0.125. The maximum Gasteiger partial charge on any atom is 0.417 e. The second-order valence-corrected chi connectivity index (χ2v) is 8.08. The number of halogens is 5. The molecule has 172 valence electrons. The lowest BCUT2D eigenvalue weighted by atomic mass is 10.1. The number of alkyl halides is 3. The number of anilines is 1. The van der Waals surface area contributed by atoms with Gasteiger partial charge in [-0.1, -0.05) is 41.9 Å². The number of carbonyl (C=O) groups is 1. The summed E-state index contributed by atoms with van der Waals surface area (Å²) in [6.07, 6.45) is -1.92. The van der Waals surface area contributed by atoms with Crippen LogP contribution in [0.2, 0.25) is 5.02 Å². The molecule has 0 aliphatic heterocycles. The van der Waals surface area contributed by atoms with Gasteiger partial charge in [0.15, 0.2) is 11.5 Å². The minimum Gasteiger partial charge on any atom is -0.493 e. The lowest BCUT2D eigenvalue weighted by Crippen LogP contribution is -2.11. The monoisotopic (exact) mass is 539 g/mol. The van der Waals surface area contributed by atoms with Crippen molar-refractivity contribution in [3.05, 3.63) is 92.9 Å². The van der Waals surface area contributed by atoms with Crippen LogP contribution >= 0.6 is 27.5 Å². The third-order valence-corrected chi connectivity index (χ3v) is 5.36. The van der Waals surface area contributed by atoms with E-state index in [1.807, 2.05) is 30.3 Å². The van der Waals surface area contributed by atoms with Crippen LogP contribution < -0.4 is 14.8 Å². The molecular formula is C24H18BrClF3NO3. The lowest BCUT2D eigenvalue weighted by Gasteiger charge is -2.13. The van der Waals surface area contributed by atoms with Crippen molar-refractivity contribution in [2.24, 2.45) is 0 Å². The first-order valence-corrected chi connectivity index (χ1v) is 10.7. The molecule has 1 N–H and O–H groups in total. The molecule has 0 atom stereocenters. The fourth-order valence-corrected chi connectivity index (χ4v) is 3.68. The van der Waals surface area contributed by atoms with Gasteiger partial charge in [-0.2, -0.15) is 13.2 Å². The van der Waals surface area contributed by atoms with Crippen molar-refractivity contribution in [1.29, 1.82) is 0 Å². The molecule has 0 aromatic heterocycles. The van der Waals surface area contributed by atoms with Crippen LogP contribution in [0.4, 0.5) is 18.9 Å². The summed E-state index contributed by atoms with van der Waals surface area (Å²) in [6, 6.07) is 16.2. The molecular weight excluding hydrogens is 523 g/mol. The van der Waals surface area contributed by atoms with Crippen LogP contribution in [0.1, 0.15) is 16.7 Å². The molecule has 33 heavy (non-hydrogen) atoms. The quantitative estimate of drug-likeness (QED) is 0.319. The Labute approximate surface area is 202 Å². The van der Waals surface area contributed by atoms with E-state index in [1.54, 1.807) is 12.1 Å². The van der Waals surface area contributed by atoms with E-state index in [0.29, 0.717) is 28.1 Å². The van der Waals surface area contributed by atoms with Crippen molar-refractivity contribution in [3.8, 4) is 11.5 Å². The number of methoxy groups -OCH3 is 1. The third-order valence-electron chi connectivity index (χ3n) is 4.44. The number of nitrogens with one attached hydrogen (secondary N) is 1. The number of amides is 1. The standard InChI is InChI=1S/C24H18BrClF3NO3/c1-32-21-12-16(11-19(25)23(21)33-14-15-5-3-2-4-6-15)7-10-22(31)30-17-8-9-20(26)18(13-17)24(27,28)29/h2-13H,14H2,1H3,(H,30,31)/b10-7+. The smallest absolute Gasteiger partial charge is 0.417 e. The van der Waals surface area contributed by atoms with Crippen molar-refractivity contribution in [2.45, 2.75) is 12.8 Å². The summed E-state index contributed by atoms with van der Waals surface area (Å²) < 4.78 is 50.9. The van der Waals surface area contributed by atoms with Crippen molar-refractivity contribution in [1.82, 2.24) is 0 Å². The Morgan fingerprint density at radius 3 is 2.52 bits per heavy atom. The van der Waals surface area contributed by atoms with Crippen LogP contribution in [0, 0.1) is 0 Å². The van der Waals surface area contributed by atoms with E-state index in [1.165, 1.54) is 25.3 Å². The van der Waals surface area contributed by atoms with Crippen LogP contribution in [0.15, 0.2) is 71.2 Å². The molecule has 0 radical (unpaired) electrons. The number of ether oxygens (including phenoxy) is 2. The Balaban J connectivity index is 1.72. The summed E-state index contributed by atoms with van der Waals surface area (Å²) in [4.78, 5) is 12.2. The number of hydrogen-bond acceptors (Lipinski definition) is 3. The van der Waals surface area contributed by atoms with Crippen LogP contribution in [0.25, 0.3) is 6.08 Å². The van der Waals surface area contributed by atoms with Gasteiger partial charge in [-0.3, -0.25) is 4.79 Å². The molecule has 3 rings (SSSR count). The predicted molar refractivity (Wildman–Crippen MR) is 126 cm³/mol. The largest absolute Gasteiger partial charge is 0.493 e. The van der Waals surface area contributed by atoms with Gasteiger partial charge >= 0.3 is 6.18 Å². The summed E-state index contributed by atoms with van der Waals surface area (Å²) in [5.74, 6) is 0.349. The molecule has 0 saturated carbocycles. The van der Waals surface area contributed by atoms with Gasteiger partial charge in [-0.15, -0.1) is 0 Å². The Morgan fingerprint density at radius 2 is 1.85 bits per heavy atom. The molecule has 0 aliphatic carbocycles. The van der Waals surface area contributed by atoms with Gasteiger partial charge < -0.3 is 14.8 Å². The highest BCUT2D eigenvalue weighted by atomic mass is 79.9. The van der Waals surface area contributed by atoms with E-state index in [2.05, 4.69) is 21.2 Å². The summed E-state index contributed by atoms with van der Waals surface area (Å²) in [5.41, 5.74) is 0.562. The Morgan fingerprint density at radius 1 is 1.12 bits per heavy atom.